The fourth-order valence-electron chi connectivity index (χ4n) is 2.34. The Hall–Kier alpha value is -1.09. The Morgan fingerprint density at radius 3 is 2.69 bits per heavy atom. The zero-order valence-corrected chi connectivity index (χ0v) is 10.5. The van der Waals surface area contributed by atoms with Crippen molar-refractivity contribution in [2.45, 2.75) is 38.6 Å². The van der Waals surface area contributed by atoms with Crippen LogP contribution in [0, 0.1) is 0 Å². The van der Waals surface area contributed by atoms with E-state index >= 15 is 0 Å². The van der Waals surface area contributed by atoms with Crippen LogP contribution in [0.2, 0.25) is 0 Å². The Morgan fingerprint density at radius 2 is 2.06 bits per heavy atom. The van der Waals surface area contributed by atoms with Gasteiger partial charge in [0.25, 0.3) is 0 Å². The third kappa shape index (κ3) is 2.19. The van der Waals surface area contributed by atoms with Crippen molar-refractivity contribution >= 4 is 28.6 Å². The lowest BCUT2D eigenvalue weighted by Crippen LogP contribution is -2.31. The molecule has 0 bridgehead atoms. The molecule has 1 unspecified atom stereocenters. The number of nitrogens with two attached hydrogens (primary N) is 1. The first-order chi connectivity index (χ1) is 7.72. The molecule has 2 rings (SSSR count). The van der Waals surface area contributed by atoms with Crippen molar-refractivity contribution in [3.63, 3.8) is 0 Å². The minimum absolute atomic E-state index is 0.584. The average Bonchev–Trinajstić information content (AvgIpc) is 2.62. The topological polar surface area (TPSA) is 29.3 Å². The summed E-state index contributed by atoms with van der Waals surface area (Å²) in [5.41, 5.74) is 7.70. The summed E-state index contributed by atoms with van der Waals surface area (Å²) in [7, 11) is 0. The molecule has 0 spiro atoms. The highest BCUT2D eigenvalue weighted by Crippen LogP contribution is 2.30. The second kappa shape index (κ2) is 4.83. The molecule has 2 nitrogen and oxygen atoms in total. The van der Waals surface area contributed by atoms with Crippen LogP contribution in [0.4, 0.5) is 11.4 Å². The monoisotopic (exact) mass is 234 g/mol. The van der Waals surface area contributed by atoms with Crippen LogP contribution in [-0.2, 0) is 0 Å². The number of nitrogens with zero attached hydrogens (tertiary/aromatic N) is 1. The van der Waals surface area contributed by atoms with E-state index in [1.54, 1.807) is 0 Å². The quantitative estimate of drug-likeness (QED) is 0.642. The van der Waals surface area contributed by atoms with Gasteiger partial charge in [-0.2, -0.15) is 0 Å². The summed E-state index contributed by atoms with van der Waals surface area (Å²) >= 11 is 5.44. The molecule has 0 saturated carbocycles. The van der Waals surface area contributed by atoms with Crippen molar-refractivity contribution in [1.82, 2.24) is 0 Å². The average molecular weight is 234 g/mol. The summed E-state index contributed by atoms with van der Waals surface area (Å²) in [4.78, 5) is 3.38. The molecule has 1 atom stereocenters. The molecule has 1 saturated heterocycles. The van der Waals surface area contributed by atoms with Crippen LogP contribution in [0.5, 0.6) is 0 Å². The van der Waals surface area contributed by atoms with E-state index in [1.807, 2.05) is 12.1 Å². The van der Waals surface area contributed by atoms with Crippen molar-refractivity contribution in [2.24, 2.45) is 0 Å². The Balaban J connectivity index is 2.22. The summed E-state index contributed by atoms with van der Waals surface area (Å²) in [6.45, 7) is 2.22. The Kier molecular flexibility index (Phi) is 3.44. The van der Waals surface area contributed by atoms with Gasteiger partial charge >= 0.3 is 0 Å². The number of anilines is 2. The standard InChI is InChI=1S/C13H18N2S/c1-2-3-11-8-9-13(16)15(11)12-6-4-10(14)5-7-12/h4-7,11H,2-3,8-9,14H2,1H3. The van der Waals surface area contributed by atoms with Crippen LogP contribution in [-0.4, -0.2) is 11.0 Å². The number of rotatable bonds is 3. The van der Waals surface area contributed by atoms with Crippen LogP contribution in [0.3, 0.4) is 0 Å². The fourth-order valence-corrected chi connectivity index (χ4v) is 2.71. The van der Waals surface area contributed by atoms with Crippen LogP contribution in [0.1, 0.15) is 32.6 Å². The molecule has 1 aliphatic heterocycles. The molecule has 16 heavy (non-hydrogen) atoms. The normalized spacial score (nSPS) is 20.4. The third-order valence-electron chi connectivity index (χ3n) is 3.12. The number of thiocarbonyl (C=S) groups is 1. The lowest BCUT2D eigenvalue weighted by atomic mass is 10.1. The van der Waals surface area contributed by atoms with Crippen LogP contribution >= 0.6 is 12.2 Å². The first-order valence-corrected chi connectivity index (χ1v) is 6.30. The highest BCUT2D eigenvalue weighted by atomic mass is 32.1. The third-order valence-corrected chi connectivity index (χ3v) is 3.52. The summed E-state index contributed by atoms with van der Waals surface area (Å²) in [6, 6.07) is 8.60. The van der Waals surface area contributed by atoms with Crippen molar-refractivity contribution < 1.29 is 0 Å². The lowest BCUT2D eigenvalue weighted by Gasteiger charge is -2.26. The molecule has 0 aromatic heterocycles. The number of hydrogen-bond acceptors (Lipinski definition) is 2. The summed E-state index contributed by atoms with van der Waals surface area (Å²) < 4.78 is 0. The number of hydrogen-bond donors (Lipinski definition) is 1. The van der Waals surface area contributed by atoms with Gasteiger partial charge in [0.15, 0.2) is 0 Å². The largest absolute Gasteiger partial charge is 0.399 e. The summed E-state index contributed by atoms with van der Waals surface area (Å²) in [5.74, 6) is 0. The highest BCUT2D eigenvalue weighted by molar-refractivity contribution is 7.80. The predicted octanol–water partition coefficient (Wildman–Crippen LogP) is 3.37. The Labute approximate surface area is 102 Å². The van der Waals surface area contributed by atoms with Gasteiger partial charge in [0.1, 0.15) is 0 Å². The molecular formula is C13H18N2S. The van der Waals surface area contributed by atoms with Gasteiger partial charge in [-0.15, -0.1) is 0 Å². The van der Waals surface area contributed by atoms with Gasteiger partial charge in [0, 0.05) is 23.8 Å². The van der Waals surface area contributed by atoms with Crippen molar-refractivity contribution in [3.8, 4) is 0 Å². The maximum atomic E-state index is 5.70. The fraction of sp³-hybridized carbons (Fsp3) is 0.462. The van der Waals surface area contributed by atoms with E-state index in [2.05, 4.69) is 24.0 Å². The number of benzene rings is 1. The maximum absolute atomic E-state index is 5.70. The van der Waals surface area contributed by atoms with Gasteiger partial charge in [0.2, 0.25) is 0 Å². The van der Waals surface area contributed by atoms with E-state index in [0.717, 1.165) is 17.1 Å². The minimum atomic E-state index is 0.584. The van der Waals surface area contributed by atoms with E-state index in [1.165, 1.54) is 24.9 Å². The SMILES string of the molecule is CCCC1CCC(=S)N1c1ccc(N)cc1. The van der Waals surface area contributed by atoms with Gasteiger partial charge in [-0.25, -0.2) is 0 Å². The van der Waals surface area contributed by atoms with Crippen LogP contribution in [0.15, 0.2) is 24.3 Å². The molecule has 1 aliphatic rings. The minimum Gasteiger partial charge on any atom is -0.399 e. The molecule has 0 amide bonds. The van der Waals surface area contributed by atoms with E-state index in [4.69, 9.17) is 18.0 Å². The molecule has 0 aliphatic carbocycles. The van der Waals surface area contributed by atoms with Gasteiger partial charge in [-0.05, 0) is 37.1 Å². The van der Waals surface area contributed by atoms with Crippen molar-refractivity contribution in [2.75, 3.05) is 10.6 Å². The van der Waals surface area contributed by atoms with Crippen molar-refractivity contribution in [3.05, 3.63) is 24.3 Å². The first-order valence-electron chi connectivity index (χ1n) is 5.90. The molecule has 3 heteroatoms. The Morgan fingerprint density at radius 1 is 1.38 bits per heavy atom. The van der Waals surface area contributed by atoms with Crippen molar-refractivity contribution in [1.29, 1.82) is 0 Å². The summed E-state index contributed by atoms with van der Waals surface area (Å²) in [5, 5.41) is 0. The molecule has 1 aromatic rings. The molecule has 1 fully saturated rings. The summed E-state index contributed by atoms with van der Waals surface area (Å²) in [6.07, 6.45) is 4.66. The maximum Gasteiger partial charge on any atom is 0.0827 e. The number of nitrogen functional groups attached to an aromatic ring is 1. The molecular weight excluding hydrogens is 216 g/mol. The van der Waals surface area contributed by atoms with Gasteiger partial charge in [-0.3, -0.25) is 0 Å². The second-order valence-electron chi connectivity index (χ2n) is 4.34. The molecule has 1 aromatic carbocycles. The van der Waals surface area contributed by atoms with E-state index in [0.29, 0.717) is 6.04 Å². The second-order valence-corrected chi connectivity index (χ2v) is 4.81. The van der Waals surface area contributed by atoms with E-state index < -0.39 is 0 Å². The van der Waals surface area contributed by atoms with Gasteiger partial charge < -0.3 is 10.6 Å². The predicted molar refractivity (Wildman–Crippen MR) is 73.9 cm³/mol. The van der Waals surface area contributed by atoms with E-state index in [-0.39, 0.29) is 0 Å². The molecule has 0 radical (unpaired) electrons. The van der Waals surface area contributed by atoms with Gasteiger partial charge in [0.05, 0.1) is 4.99 Å². The van der Waals surface area contributed by atoms with Crippen LogP contribution in [0.25, 0.3) is 0 Å². The smallest absolute Gasteiger partial charge is 0.0827 e. The van der Waals surface area contributed by atoms with Crippen LogP contribution < -0.4 is 10.6 Å². The van der Waals surface area contributed by atoms with E-state index in [9.17, 15) is 0 Å². The Bertz CT molecular complexity index is 372. The lowest BCUT2D eigenvalue weighted by molar-refractivity contribution is 0.606. The first kappa shape index (κ1) is 11.4. The van der Waals surface area contributed by atoms with Gasteiger partial charge in [-0.1, -0.05) is 25.6 Å². The zero-order chi connectivity index (χ0) is 11.5. The molecule has 2 N–H and O–H groups in total. The molecule has 1 heterocycles. The molecule has 86 valence electrons. The zero-order valence-electron chi connectivity index (χ0n) is 9.65. The highest BCUT2D eigenvalue weighted by Gasteiger charge is 2.28.